The van der Waals surface area contributed by atoms with Gasteiger partial charge in [0.2, 0.25) is 11.8 Å². The number of rotatable bonds is 4. The van der Waals surface area contributed by atoms with E-state index in [2.05, 4.69) is 20.6 Å². The van der Waals surface area contributed by atoms with E-state index in [1.165, 1.54) is 11.8 Å². The third kappa shape index (κ3) is 3.69. The average Bonchev–Trinajstić information content (AvgIpc) is 2.56. The number of benzene rings is 1. The Hall–Kier alpha value is -2.32. The Morgan fingerprint density at radius 1 is 1.40 bits per heavy atom. The van der Waals surface area contributed by atoms with E-state index in [4.69, 9.17) is 11.6 Å². The van der Waals surface area contributed by atoms with Crippen molar-refractivity contribution in [3.05, 3.63) is 45.2 Å². The third-order valence-corrected chi connectivity index (χ3v) is 4.74. The molecule has 3 rings (SSSR count). The molecule has 1 aliphatic heterocycles. The SMILES string of the molecule is CCSc1nc2c(c(=O)[nH]1)C(C(=O)Nc1ccccc1Cl)CC(=O)N2. The van der Waals surface area contributed by atoms with Crippen molar-refractivity contribution in [2.75, 3.05) is 16.4 Å². The normalized spacial score (nSPS) is 16.1. The summed E-state index contributed by atoms with van der Waals surface area (Å²) in [6.45, 7) is 1.92. The lowest BCUT2D eigenvalue weighted by Gasteiger charge is -2.23. The third-order valence-electron chi connectivity index (χ3n) is 3.66. The van der Waals surface area contributed by atoms with Crippen molar-refractivity contribution in [3.63, 3.8) is 0 Å². The summed E-state index contributed by atoms with van der Waals surface area (Å²) in [5, 5.41) is 6.02. The molecule has 3 N–H and O–H groups in total. The molecule has 1 aromatic heterocycles. The number of carbonyl (C=O) groups is 2. The highest BCUT2D eigenvalue weighted by molar-refractivity contribution is 7.99. The Labute approximate surface area is 152 Å². The Kier molecular flexibility index (Phi) is 5.10. The number of hydrogen-bond donors (Lipinski definition) is 3. The van der Waals surface area contributed by atoms with E-state index in [0.717, 1.165) is 0 Å². The molecule has 0 saturated heterocycles. The number of nitrogens with one attached hydrogen (secondary N) is 3. The molecule has 130 valence electrons. The van der Waals surface area contributed by atoms with Gasteiger partial charge in [0.25, 0.3) is 5.56 Å². The summed E-state index contributed by atoms with van der Waals surface area (Å²) in [6.07, 6.45) is -0.131. The summed E-state index contributed by atoms with van der Waals surface area (Å²) < 4.78 is 0. The average molecular weight is 379 g/mol. The summed E-state index contributed by atoms with van der Waals surface area (Å²) in [5.41, 5.74) is 0.147. The van der Waals surface area contributed by atoms with Gasteiger partial charge in [0, 0.05) is 6.42 Å². The maximum Gasteiger partial charge on any atom is 0.257 e. The fourth-order valence-corrected chi connectivity index (χ4v) is 3.34. The molecule has 0 bridgehead atoms. The monoisotopic (exact) mass is 378 g/mol. The molecule has 0 saturated carbocycles. The number of halogens is 1. The highest BCUT2D eigenvalue weighted by atomic mass is 35.5. The van der Waals surface area contributed by atoms with Gasteiger partial charge in [-0.25, -0.2) is 4.98 Å². The van der Waals surface area contributed by atoms with Crippen molar-refractivity contribution in [1.82, 2.24) is 9.97 Å². The number of para-hydroxylation sites is 1. The molecule has 25 heavy (non-hydrogen) atoms. The molecular formula is C16H15ClN4O3S. The van der Waals surface area contributed by atoms with Gasteiger partial charge in [0.15, 0.2) is 5.16 Å². The van der Waals surface area contributed by atoms with Gasteiger partial charge >= 0.3 is 0 Å². The number of fused-ring (bicyclic) bond motifs is 1. The summed E-state index contributed by atoms with van der Waals surface area (Å²) >= 11 is 7.39. The van der Waals surface area contributed by atoms with Crippen molar-refractivity contribution in [3.8, 4) is 0 Å². The zero-order chi connectivity index (χ0) is 18.0. The lowest BCUT2D eigenvalue weighted by atomic mass is 9.92. The largest absolute Gasteiger partial charge is 0.324 e. The first-order valence-corrected chi connectivity index (χ1v) is 8.98. The molecule has 2 heterocycles. The fraction of sp³-hybridized carbons (Fsp3) is 0.250. The predicted octanol–water partition coefficient (Wildman–Crippen LogP) is 2.60. The second kappa shape index (κ2) is 7.28. The molecule has 9 heteroatoms. The van der Waals surface area contributed by atoms with Crippen LogP contribution in [0.1, 0.15) is 24.8 Å². The van der Waals surface area contributed by atoms with Crippen molar-refractivity contribution in [1.29, 1.82) is 0 Å². The predicted molar refractivity (Wildman–Crippen MR) is 97.3 cm³/mol. The lowest BCUT2D eigenvalue weighted by molar-refractivity contribution is -0.123. The van der Waals surface area contributed by atoms with Gasteiger partial charge in [-0.1, -0.05) is 42.4 Å². The minimum absolute atomic E-state index is 0.131. The number of amides is 2. The smallest absolute Gasteiger partial charge is 0.257 e. The molecular weight excluding hydrogens is 364 g/mol. The van der Waals surface area contributed by atoms with Crippen LogP contribution in [0.3, 0.4) is 0 Å². The van der Waals surface area contributed by atoms with E-state index in [1.807, 2.05) is 6.92 Å². The van der Waals surface area contributed by atoms with Crippen LogP contribution in [-0.2, 0) is 9.59 Å². The van der Waals surface area contributed by atoms with Crippen LogP contribution in [-0.4, -0.2) is 27.5 Å². The number of H-pyrrole nitrogens is 1. The van der Waals surface area contributed by atoms with Crippen molar-refractivity contribution in [2.45, 2.75) is 24.4 Å². The molecule has 1 aromatic carbocycles. The summed E-state index contributed by atoms with van der Waals surface area (Å²) in [6, 6.07) is 6.75. The van der Waals surface area contributed by atoms with Crippen LogP contribution >= 0.6 is 23.4 Å². The minimum atomic E-state index is -0.933. The van der Waals surface area contributed by atoms with Crippen LogP contribution in [0.15, 0.2) is 34.2 Å². The lowest BCUT2D eigenvalue weighted by Crippen LogP contribution is -2.36. The molecule has 2 amide bonds. The number of aromatic nitrogens is 2. The number of thioether (sulfide) groups is 1. The van der Waals surface area contributed by atoms with E-state index < -0.39 is 17.4 Å². The maximum absolute atomic E-state index is 12.7. The molecule has 1 atom stereocenters. The molecule has 7 nitrogen and oxygen atoms in total. The molecule has 0 aliphatic carbocycles. The van der Waals surface area contributed by atoms with Crippen LogP contribution in [0.4, 0.5) is 11.5 Å². The zero-order valence-electron chi connectivity index (χ0n) is 13.3. The van der Waals surface area contributed by atoms with Crippen LogP contribution < -0.4 is 16.2 Å². The molecule has 1 unspecified atom stereocenters. The van der Waals surface area contributed by atoms with Gasteiger partial charge < -0.3 is 15.6 Å². The maximum atomic E-state index is 12.7. The molecule has 0 spiro atoms. The minimum Gasteiger partial charge on any atom is -0.324 e. The number of hydrogen-bond acceptors (Lipinski definition) is 5. The summed E-state index contributed by atoms with van der Waals surface area (Å²) in [5.74, 6) is -0.927. The van der Waals surface area contributed by atoms with Crippen LogP contribution in [0.25, 0.3) is 0 Å². The standard InChI is InChI=1S/C16H15ClN4O3S/c1-2-25-16-20-13-12(15(24)21-16)8(7-11(22)19-13)14(23)18-10-6-4-3-5-9(10)17/h3-6,8H,2,7H2,1H3,(H,18,23)(H2,19,20,21,22,24). The molecule has 1 aliphatic rings. The van der Waals surface area contributed by atoms with Crippen molar-refractivity contribution >= 4 is 46.7 Å². The van der Waals surface area contributed by atoms with Crippen LogP contribution in [0.2, 0.25) is 5.02 Å². The van der Waals surface area contributed by atoms with Gasteiger partial charge in [-0.2, -0.15) is 0 Å². The van der Waals surface area contributed by atoms with E-state index >= 15 is 0 Å². The van der Waals surface area contributed by atoms with Gasteiger partial charge in [-0.15, -0.1) is 0 Å². The Morgan fingerprint density at radius 3 is 2.88 bits per heavy atom. The number of nitrogens with zero attached hydrogens (tertiary/aromatic N) is 1. The second-order valence-electron chi connectivity index (χ2n) is 5.34. The van der Waals surface area contributed by atoms with Gasteiger partial charge in [0.05, 0.1) is 22.2 Å². The number of anilines is 2. The fourth-order valence-electron chi connectivity index (χ4n) is 2.56. The molecule has 0 radical (unpaired) electrons. The highest BCUT2D eigenvalue weighted by Gasteiger charge is 2.34. The summed E-state index contributed by atoms with van der Waals surface area (Å²) in [4.78, 5) is 43.9. The van der Waals surface area contributed by atoms with Gasteiger partial charge in [-0.3, -0.25) is 14.4 Å². The van der Waals surface area contributed by atoms with E-state index in [0.29, 0.717) is 21.6 Å². The summed E-state index contributed by atoms with van der Waals surface area (Å²) in [7, 11) is 0. The van der Waals surface area contributed by atoms with E-state index in [9.17, 15) is 14.4 Å². The Morgan fingerprint density at radius 2 is 2.16 bits per heavy atom. The Bertz CT molecular complexity index is 899. The second-order valence-corrected chi connectivity index (χ2v) is 7.00. The van der Waals surface area contributed by atoms with Gasteiger partial charge in [0.1, 0.15) is 5.82 Å². The van der Waals surface area contributed by atoms with Crippen molar-refractivity contribution in [2.24, 2.45) is 0 Å². The van der Waals surface area contributed by atoms with Crippen molar-refractivity contribution < 1.29 is 9.59 Å². The van der Waals surface area contributed by atoms with E-state index in [-0.39, 0.29) is 23.7 Å². The van der Waals surface area contributed by atoms with Crippen LogP contribution in [0, 0.1) is 0 Å². The first kappa shape index (κ1) is 17.5. The molecule has 0 fully saturated rings. The Balaban J connectivity index is 1.96. The molecule has 2 aromatic rings. The van der Waals surface area contributed by atoms with Gasteiger partial charge in [-0.05, 0) is 17.9 Å². The first-order chi connectivity index (χ1) is 12.0. The topological polar surface area (TPSA) is 104 Å². The van der Waals surface area contributed by atoms with E-state index in [1.54, 1.807) is 24.3 Å². The number of aromatic amines is 1. The highest BCUT2D eigenvalue weighted by Crippen LogP contribution is 2.31. The zero-order valence-corrected chi connectivity index (χ0v) is 14.8. The first-order valence-electron chi connectivity index (χ1n) is 7.61. The quantitative estimate of drug-likeness (QED) is 0.560. The number of carbonyl (C=O) groups excluding carboxylic acids is 2. The van der Waals surface area contributed by atoms with Crippen LogP contribution in [0.5, 0.6) is 0 Å².